The molecular formula is C14H23NO5. The molecule has 0 aromatic carbocycles. The second-order valence-corrected chi connectivity index (χ2v) is 6.39. The number of ether oxygens (including phenoxy) is 2. The minimum absolute atomic E-state index is 0.0215. The second kappa shape index (κ2) is 7.20. The van der Waals surface area contributed by atoms with E-state index < -0.39 is 29.2 Å². The van der Waals surface area contributed by atoms with Crippen LogP contribution in [0.3, 0.4) is 0 Å². The summed E-state index contributed by atoms with van der Waals surface area (Å²) in [5.41, 5.74) is -1.27. The average Bonchev–Trinajstić information content (AvgIpc) is 2.18. The van der Waals surface area contributed by atoms with Gasteiger partial charge in [-0.2, -0.15) is 4.99 Å². The highest BCUT2D eigenvalue weighted by Crippen LogP contribution is 2.14. The van der Waals surface area contributed by atoms with Crippen molar-refractivity contribution < 1.29 is 23.9 Å². The number of esters is 2. The van der Waals surface area contributed by atoms with Crippen LogP contribution >= 0.6 is 0 Å². The summed E-state index contributed by atoms with van der Waals surface area (Å²) < 4.78 is 10.2. The Labute approximate surface area is 119 Å². The van der Waals surface area contributed by atoms with Crippen molar-refractivity contribution in [1.29, 1.82) is 0 Å². The van der Waals surface area contributed by atoms with Crippen LogP contribution in [0.25, 0.3) is 0 Å². The molecule has 0 aliphatic heterocycles. The molecular weight excluding hydrogens is 262 g/mol. The molecule has 6 nitrogen and oxygen atoms in total. The number of rotatable bonds is 5. The highest BCUT2D eigenvalue weighted by molar-refractivity contribution is 5.78. The zero-order chi connectivity index (χ0) is 16.0. The zero-order valence-electron chi connectivity index (χ0n) is 13.0. The molecule has 0 rings (SSSR count). The van der Waals surface area contributed by atoms with E-state index in [9.17, 15) is 14.4 Å². The Morgan fingerprint density at radius 1 is 1.05 bits per heavy atom. The van der Waals surface area contributed by atoms with Crippen molar-refractivity contribution in [3.63, 3.8) is 0 Å². The van der Waals surface area contributed by atoms with Crippen molar-refractivity contribution in [1.82, 2.24) is 0 Å². The van der Waals surface area contributed by atoms with Gasteiger partial charge in [-0.3, -0.25) is 4.79 Å². The molecule has 0 spiro atoms. The molecule has 0 saturated heterocycles. The largest absolute Gasteiger partial charge is 0.460 e. The van der Waals surface area contributed by atoms with Crippen LogP contribution in [-0.2, 0) is 23.9 Å². The fourth-order valence-electron chi connectivity index (χ4n) is 1.32. The highest BCUT2D eigenvalue weighted by atomic mass is 16.6. The third-order valence-corrected chi connectivity index (χ3v) is 1.93. The van der Waals surface area contributed by atoms with Crippen LogP contribution in [0.2, 0.25) is 0 Å². The Kier molecular flexibility index (Phi) is 6.59. The topological polar surface area (TPSA) is 82.0 Å². The number of carbonyl (C=O) groups is 2. The molecule has 0 saturated carbocycles. The molecule has 0 N–H and O–H groups in total. The SMILES string of the molecule is CC(C)(C)OC(=O)CC[C@H](N=C=O)C(=O)OC(C)(C)C. The van der Waals surface area contributed by atoms with Gasteiger partial charge in [-0.15, -0.1) is 0 Å². The van der Waals surface area contributed by atoms with E-state index in [1.165, 1.54) is 6.08 Å². The number of aliphatic imine (C=N–C) groups is 1. The molecule has 0 heterocycles. The molecule has 6 heteroatoms. The van der Waals surface area contributed by atoms with Gasteiger partial charge in [0, 0.05) is 6.42 Å². The molecule has 1 atom stereocenters. The normalized spacial score (nSPS) is 13.1. The van der Waals surface area contributed by atoms with Crippen LogP contribution < -0.4 is 0 Å². The molecule has 0 amide bonds. The molecule has 114 valence electrons. The first-order valence-corrected chi connectivity index (χ1v) is 6.46. The first kappa shape index (κ1) is 18.3. The predicted molar refractivity (Wildman–Crippen MR) is 72.8 cm³/mol. The van der Waals surface area contributed by atoms with E-state index in [1.807, 2.05) is 0 Å². The van der Waals surface area contributed by atoms with Crippen molar-refractivity contribution in [2.75, 3.05) is 0 Å². The van der Waals surface area contributed by atoms with Gasteiger partial charge < -0.3 is 9.47 Å². The summed E-state index contributed by atoms with van der Waals surface area (Å²) in [4.78, 5) is 37.1. The number of nitrogens with zero attached hydrogens (tertiary/aromatic N) is 1. The van der Waals surface area contributed by atoms with E-state index >= 15 is 0 Å². The Bertz CT molecular complexity index is 397. The third-order valence-electron chi connectivity index (χ3n) is 1.93. The number of hydrogen-bond acceptors (Lipinski definition) is 6. The molecule has 0 unspecified atom stereocenters. The van der Waals surface area contributed by atoms with Crippen LogP contribution in [0.4, 0.5) is 0 Å². The Morgan fingerprint density at radius 2 is 1.55 bits per heavy atom. The van der Waals surface area contributed by atoms with E-state index in [4.69, 9.17) is 9.47 Å². The molecule has 0 bridgehead atoms. The first-order chi connectivity index (χ1) is 8.94. The smallest absolute Gasteiger partial charge is 0.332 e. The summed E-state index contributed by atoms with van der Waals surface area (Å²) >= 11 is 0. The number of hydrogen-bond donors (Lipinski definition) is 0. The first-order valence-electron chi connectivity index (χ1n) is 6.46. The summed E-state index contributed by atoms with van der Waals surface area (Å²) in [6.45, 7) is 10.4. The van der Waals surface area contributed by atoms with Crippen LogP contribution in [0, 0.1) is 0 Å². The molecule has 0 radical (unpaired) electrons. The quantitative estimate of drug-likeness (QED) is 0.439. The Hall–Kier alpha value is -1.68. The van der Waals surface area contributed by atoms with Gasteiger partial charge in [-0.25, -0.2) is 9.59 Å². The molecule has 0 aromatic rings. The molecule has 0 aliphatic carbocycles. The maximum Gasteiger partial charge on any atom is 0.332 e. The Morgan fingerprint density at radius 3 is 1.95 bits per heavy atom. The maximum atomic E-state index is 11.8. The minimum atomic E-state index is -1.03. The van der Waals surface area contributed by atoms with Gasteiger partial charge in [0.05, 0.1) is 0 Å². The van der Waals surface area contributed by atoms with Crippen LogP contribution in [0.15, 0.2) is 4.99 Å². The van der Waals surface area contributed by atoms with Crippen molar-refractivity contribution in [2.24, 2.45) is 4.99 Å². The van der Waals surface area contributed by atoms with Gasteiger partial charge >= 0.3 is 11.9 Å². The van der Waals surface area contributed by atoms with Crippen molar-refractivity contribution in [3.05, 3.63) is 0 Å². The third kappa shape index (κ3) is 9.28. The number of carbonyl (C=O) groups excluding carboxylic acids is 3. The lowest BCUT2D eigenvalue weighted by Gasteiger charge is -2.22. The van der Waals surface area contributed by atoms with Crippen molar-refractivity contribution >= 4 is 18.0 Å². The van der Waals surface area contributed by atoms with Crippen LogP contribution in [0.1, 0.15) is 54.4 Å². The lowest BCUT2D eigenvalue weighted by Crippen LogP contribution is -2.32. The number of isocyanates is 1. The summed E-state index contributed by atoms with van der Waals surface area (Å²) in [5, 5.41) is 0. The standard InChI is InChI=1S/C14H23NO5/c1-13(2,3)19-11(17)8-7-10(15-9-16)12(18)20-14(4,5)6/h10H,7-8H2,1-6H3/t10-/m0/s1. The summed E-state index contributed by atoms with van der Waals surface area (Å²) in [6, 6.07) is -1.03. The molecule has 0 fully saturated rings. The van der Waals surface area contributed by atoms with E-state index in [-0.39, 0.29) is 12.8 Å². The summed E-state index contributed by atoms with van der Waals surface area (Å²) in [5.74, 6) is -1.10. The van der Waals surface area contributed by atoms with Gasteiger partial charge in [0.2, 0.25) is 6.08 Å². The minimum Gasteiger partial charge on any atom is -0.460 e. The van der Waals surface area contributed by atoms with E-state index in [0.717, 1.165) is 0 Å². The molecule has 0 aliphatic rings. The van der Waals surface area contributed by atoms with Gasteiger partial charge in [0.25, 0.3) is 0 Å². The van der Waals surface area contributed by atoms with E-state index in [1.54, 1.807) is 41.5 Å². The molecule has 0 aromatic heterocycles. The fourth-order valence-corrected chi connectivity index (χ4v) is 1.32. The van der Waals surface area contributed by atoms with Gasteiger partial charge in [-0.1, -0.05) is 0 Å². The van der Waals surface area contributed by atoms with E-state index in [2.05, 4.69) is 4.99 Å². The van der Waals surface area contributed by atoms with Gasteiger partial charge in [-0.05, 0) is 48.0 Å². The second-order valence-electron chi connectivity index (χ2n) is 6.39. The zero-order valence-corrected chi connectivity index (χ0v) is 13.0. The van der Waals surface area contributed by atoms with Gasteiger partial charge in [0.15, 0.2) is 6.04 Å². The lowest BCUT2D eigenvalue weighted by atomic mass is 10.1. The van der Waals surface area contributed by atoms with E-state index in [0.29, 0.717) is 0 Å². The Balaban J connectivity index is 4.53. The summed E-state index contributed by atoms with van der Waals surface area (Å²) in [6.07, 6.45) is 1.36. The van der Waals surface area contributed by atoms with Crippen LogP contribution in [-0.4, -0.2) is 35.3 Å². The fraction of sp³-hybridized carbons (Fsp3) is 0.786. The average molecular weight is 285 g/mol. The summed E-state index contributed by atoms with van der Waals surface area (Å²) in [7, 11) is 0. The van der Waals surface area contributed by atoms with Crippen molar-refractivity contribution in [3.8, 4) is 0 Å². The van der Waals surface area contributed by atoms with Crippen molar-refractivity contribution in [2.45, 2.75) is 71.6 Å². The highest BCUT2D eigenvalue weighted by Gasteiger charge is 2.26. The predicted octanol–water partition coefficient (Wildman–Crippen LogP) is 2.15. The lowest BCUT2D eigenvalue weighted by molar-refractivity contribution is -0.157. The van der Waals surface area contributed by atoms with Crippen LogP contribution in [0.5, 0.6) is 0 Å². The monoisotopic (exact) mass is 285 g/mol. The van der Waals surface area contributed by atoms with Gasteiger partial charge in [0.1, 0.15) is 11.2 Å². The molecule has 20 heavy (non-hydrogen) atoms. The maximum absolute atomic E-state index is 11.8.